The van der Waals surface area contributed by atoms with E-state index < -0.39 is 0 Å². The van der Waals surface area contributed by atoms with Crippen LogP contribution in [0.5, 0.6) is 0 Å². The van der Waals surface area contributed by atoms with Crippen LogP contribution in [0.25, 0.3) is 0 Å². The highest BCUT2D eigenvalue weighted by atomic mass is 17.1. The van der Waals surface area contributed by atoms with Crippen molar-refractivity contribution >= 4 is 0 Å². The smallest absolute Gasteiger partial charge is 0.147 e. The third kappa shape index (κ3) is 12.0. The van der Waals surface area contributed by atoms with E-state index in [9.17, 15) is 5.26 Å². The Balaban J connectivity index is 0.998. The lowest BCUT2D eigenvalue weighted by molar-refractivity contribution is -0.307. The first kappa shape index (κ1) is 38.1. The summed E-state index contributed by atoms with van der Waals surface area (Å²) in [5.74, 6) is 6.23. The van der Waals surface area contributed by atoms with Gasteiger partial charge in [-0.15, -0.1) is 0 Å². The van der Waals surface area contributed by atoms with Crippen LogP contribution in [0.4, 0.5) is 0 Å². The van der Waals surface area contributed by atoms with E-state index in [-0.39, 0.29) is 11.7 Å². The molecule has 0 bridgehead atoms. The van der Waals surface area contributed by atoms with E-state index in [2.05, 4.69) is 13.8 Å². The molecule has 5 aliphatic rings. The summed E-state index contributed by atoms with van der Waals surface area (Å²) in [5.41, 5.74) is -0.189. The summed E-state index contributed by atoms with van der Waals surface area (Å²) < 4.78 is 13.2. The third-order valence-electron chi connectivity index (χ3n) is 14.8. The first-order valence-corrected chi connectivity index (χ1v) is 21.7. The van der Waals surface area contributed by atoms with Gasteiger partial charge in [-0.3, -0.25) is 5.26 Å². The summed E-state index contributed by atoms with van der Waals surface area (Å²) in [5, 5.41) is 10.2. The van der Waals surface area contributed by atoms with Gasteiger partial charge in [0.25, 0.3) is 0 Å². The first-order chi connectivity index (χ1) is 23.1. The highest BCUT2D eigenvalue weighted by molar-refractivity contribution is 4.91. The zero-order valence-electron chi connectivity index (χ0n) is 31.3. The van der Waals surface area contributed by atoms with Crippen LogP contribution in [0.15, 0.2) is 0 Å². The molecular weight excluding hydrogens is 580 g/mol. The summed E-state index contributed by atoms with van der Waals surface area (Å²) in [6, 6.07) is 0. The van der Waals surface area contributed by atoms with E-state index >= 15 is 0 Å². The summed E-state index contributed by atoms with van der Waals surface area (Å²) in [6.45, 7) is 5.07. The maximum absolute atomic E-state index is 10.2. The van der Waals surface area contributed by atoms with Crippen LogP contribution in [0, 0.1) is 41.4 Å². The largest absolute Gasteiger partial charge is 0.352 e. The van der Waals surface area contributed by atoms with Crippen LogP contribution in [-0.2, 0) is 14.4 Å². The van der Waals surface area contributed by atoms with Gasteiger partial charge in [0.15, 0.2) is 0 Å². The molecule has 1 atom stereocenters. The Morgan fingerprint density at radius 2 is 1.04 bits per heavy atom. The van der Waals surface area contributed by atoms with Crippen molar-refractivity contribution in [3.05, 3.63) is 0 Å². The Kier molecular flexibility index (Phi) is 16.7. The fourth-order valence-electron chi connectivity index (χ4n) is 11.5. The van der Waals surface area contributed by atoms with Gasteiger partial charge in [0.05, 0.1) is 17.8 Å². The Labute approximate surface area is 291 Å². The Morgan fingerprint density at radius 3 is 1.51 bits per heavy atom. The first-order valence-electron chi connectivity index (χ1n) is 21.7. The van der Waals surface area contributed by atoms with Gasteiger partial charge in [0, 0.05) is 6.42 Å². The van der Waals surface area contributed by atoms with Gasteiger partial charge in [-0.2, -0.15) is 0 Å². The van der Waals surface area contributed by atoms with Crippen LogP contribution < -0.4 is 0 Å². The summed E-state index contributed by atoms with van der Waals surface area (Å²) in [4.78, 5) is 5.33. The molecule has 0 aliphatic heterocycles. The zero-order chi connectivity index (χ0) is 32.7. The monoisotopic (exact) mass is 659 g/mol. The van der Waals surface area contributed by atoms with Gasteiger partial charge in [0.2, 0.25) is 0 Å². The fraction of sp³-hybridized carbons (Fsp3) is 1.00. The average molecular weight is 659 g/mol. The molecule has 1 N–H and O–H groups in total. The lowest BCUT2D eigenvalue weighted by Crippen LogP contribution is -2.43. The number of hydrogen-bond acceptors (Lipinski definition) is 4. The molecule has 5 aliphatic carbocycles. The van der Waals surface area contributed by atoms with Crippen LogP contribution in [-0.4, -0.2) is 29.9 Å². The van der Waals surface area contributed by atoms with E-state index in [1.807, 2.05) is 0 Å². The van der Waals surface area contributed by atoms with Crippen molar-refractivity contribution in [3.63, 3.8) is 0 Å². The number of ether oxygens (including phenoxy) is 2. The predicted octanol–water partition coefficient (Wildman–Crippen LogP) is 13.1. The molecule has 0 spiro atoms. The van der Waals surface area contributed by atoms with Crippen molar-refractivity contribution in [1.29, 1.82) is 0 Å². The predicted molar refractivity (Wildman–Crippen MR) is 195 cm³/mol. The lowest BCUT2D eigenvalue weighted by atomic mass is 9.67. The van der Waals surface area contributed by atoms with Gasteiger partial charge in [-0.1, -0.05) is 110 Å². The maximum atomic E-state index is 10.2. The second-order valence-corrected chi connectivity index (χ2v) is 17.8. The molecule has 0 aromatic heterocycles. The summed E-state index contributed by atoms with van der Waals surface area (Å²) in [6.07, 6.45) is 40.4. The van der Waals surface area contributed by atoms with Gasteiger partial charge in [-0.25, -0.2) is 4.89 Å². The SMILES string of the molecule is CCCCCC1CCC(C2CCC(OCOC3(CC(OO)C4CCC(C5CCC(CCCCC)CC5)CC4)CCCCC3)CC2)CC1. The number of rotatable bonds is 18. The van der Waals surface area contributed by atoms with Crippen LogP contribution >= 0.6 is 0 Å². The highest BCUT2D eigenvalue weighted by Crippen LogP contribution is 2.46. The Morgan fingerprint density at radius 1 is 0.574 bits per heavy atom. The lowest BCUT2D eigenvalue weighted by Gasteiger charge is -2.43. The number of unbranched alkanes of at least 4 members (excludes halogenated alkanes) is 4. The molecule has 0 amide bonds. The fourth-order valence-corrected chi connectivity index (χ4v) is 11.5. The van der Waals surface area contributed by atoms with E-state index in [0.717, 1.165) is 54.8 Å². The highest BCUT2D eigenvalue weighted by Gasteiger charge is 2.41. The zero-order valence-corrected chi connectivity index (χ0v) is 31.3. The molecule has 0 saturated heterocycles. The minimum absolute atomic E-state index is 0.0967. The Hall–Kier alpha value is -0.160. The molecule has 47 heavy (non-hydrogen) atoms. The molecule has 0 aromatic carbocycles. The van der Waals surface area contributed by atoms with Crippen molar-refractivity contribution in [2.24, 2.45) is 41.4 Å². The van der Waals surface area contributed by atoms with Crippen molar-refractivity contribution in [3.8, 4) is 0 Å². The molecule has 4 nitrogen and oxygen atoms in total. The van der Waals surface area contributed by atoms with Gasteiger partial charge in [-0.05, 0) is 131 Å². The van der Waals surface area contributed by atoms with Gasteiger partial charge < -0.3 is 9.47 Å². The molecule has 0 radical (unpaired) electrons. The summed E-state index contributed by atoms with van der Waals surface area (Å²) in [7, 11) is 0. The maximum Gasteiger partial charge on any atom is 0.147 e. The second-order valence-electron chi connectivity index (χ2n) is 17.8. The molecule has 274 valence electrons. The molecule has 1 unspecified atom stereocenters. The molecule has 5 rings (SSSR count). The molecule has 0 aromatic rings. The molecule has 5 fully saturated rings. The number of hydrogen-bond donors (Lipinski definition) is 1. The van der Waals surface area contributed by atoms with E-state index in [0.29, 0.717) is 18.8 Å². The van der Waals surface area contributed by atoms with Crippen molar-refractivity contribution in [1.82, 2.24) is 0 Å². The van der Waals surface area contributed by atoms with Crippen LogP contribution in [0.1, 0.15) is 206 Å². The third-order valence-corrected chi connectivity index (χ3v) is 14.8. The minimum Gasteiger partial charge on any atom is -0.352 e. The van der Waals surface area contributed by atoms with Crippen LogP contribution in [0.3, 0.4) is 0 Å². The van der Waals surface area contributed by atoms with E-state index in [1.54, 1.807) is 0 Å². The quantitative estimate of drug-likeness (QED) is 0.0689. The van der Waals surface area contributed by atoms with Crippen molar-refractivity contribution in [2.75, 3.05) is 6.79 Å². The topological polar surface area (TPSA) is 47.9 Å². The molecule has 4 heteroatoms. The molecule has 5 saturated carbocycles. The van der Waals surface area contributed by atoms with Crippen molar-refractivity contribution in [2.45, 2.75) is 224 Å². The second kappa shape index (κ2) is 20.6. The standard InChI is InChI=1S/C43H78O4/c1-3-5-8-12-34-14-18-36(19-15-34)38-22-24-40(25-23-38)42(47-44)32-43(30-10-7-11-31-43)46-33-45-41-28-26-39(27-29-41)37-20-16-35(17-21-37)13-9-6-4-2/h34-42,44H,3-33H2,1-2H3. The van der Waals surface area contributed by atoms with E-state index in [4.69, 9.17) is 14.4 Å². The van der Waals surface area contributed by atoms with E-state index in [1.165, 1.54) is 173 Å². The normalized spacial score (nSPS) is 35.8. The van der Waals surface area contributed by atoms with Gasteiger partial charge >= 0.3 is 0 Å². The van der Waals surface area contributed by atoms with Gasteiger partial charge in [0.1, 0.15) is 6.79 Å². The molecule has 0 heterocycles. The minimum atomic E-state index is -0.189. The Bertz CT molecular complexity index is 793. The average Bonchev–Trinajstić information content (AvgIpc) is 3.12. The summed E-state index contributed by atoms with van der Waals surface area (Å²) >= 11 is 0. The van der Waals surface area contributed by atoms with Crippen molar-refractivity contribution < 1.29 is 19.6 Å². The van der Waals surface area contributed by atoms with Crippen LogP contribution in [0.2, 0.25) is 0 Å². The molecular formula is C43H78O4.